The van der Waals surface area contributed by atoms with Crippen LogP contribution in [-0.4, -0.2) is 10.2 Å². The van der Waals surface area contributed by atoms with Gasteiger partial charge in [-0.25, -0.2) is 4.39 Å². The Kier molecular flexibility index (Phi) is 8.64. The molecular weight excluding hydrogens is 359 g/mol. The number of hydrogen-bond acceptors (Lipinski definition) is 2. The molecule has 3 heteroatoms. The lowest BCUT2D eigenvalue weighted by atomic mass is 9.77. The van der Waals surface area contributed by atoms with Crippen LogP contribution in [0.15, 0.2) is 30.3 Å². The number of unbranched alkanes of at least 4 members (excludes halogenated alkanes) is 4. The van der Waals surface area contributed by atoms with Gasteiger partial charge in [-0.3, -0.25) is 0 Å². The molecule has 1 heterocycles. The van der Waals surface area contributed by atoms with Crippen molar-refractivity contribution >= 4 is 0 Å². The molecule has 0 radical (unpaired) electrons. The molecule has 0 spiro atoms. The predicted octanol–water partition coefficient (Wildman–Crippen LogP) is 7.69. The quantitative estimate of drug-likeness (QED) is 0.385. The minimum Gasteiger partial charge on any atom is -0.206 e. The summed E-state index contributed by atoms with van der Waals surface area (Å²) in [6.07, 6.45) is 16.1. The smallest absolute Gasteiger partial charge is 0.132 e. The van der Waals surface area contributed by atoms with Gasteiger partial charge in [0.15, 0.2) is 0 Å². The zero-order valence-electron chi connectivity index (χ0n) is 18.3. The SMILES string of the molecule is CCCCCCCC1CCC(CCc2ccc(-c3ccc(C)nn3)c(F)c2)CC1. The maximum atomic E-state index is 14.6. The van der Waals surface area contributed by atoms with Gasteiger partial charge in [0.05, 0.1) is 11.4 Å². The number of halogens is 1. The lowest BCUT2D eigenvalue weighted by Gasteiger charge is -2.28. The fourth-order valence-corrected chi connectivity index (χ4v) is 4.68. The molecule has 1 aliphatic carbocycles. The molecule has 1 aromatic heterocycles. The second-order valence-electron chi connectivity index (χ2n) is 9.00. The van der Waals surface area contributed by atoms with Gasteiger partial charge in [0, 0.05) is 5.56 Å². The lowest BCUT2D eigenvalue weighted by molar-refractivity contribution is 0.248. The van der Waals surface area contributed by atoms with E-state index in [2.05, 4.69) is 23.2 Å². The highest BCUT2D eigenvalue weighted by atomic mass is 19.1. The Morgan fingerprint density at radius 3 is 2.24 bits per heavy atom. The van der Waals surface area contributed by atoms with Gasteiger partial charge in [0.2, 0.25) is 0 Å². The van der Waals surface area contributed by atoms with E-state index in [0.717, 1.165) is 29.5 Å². The van der Waals surface area contributed by atoms with E-state index in [1.54, 1.807) is 6.07 Å². The van der Waals surface area contributed by atoms with E-state index in [1.165, 1.54) is 70.6 Å². The highest BCUT2D eigenvalue weighted by molar-refractivity contribution is 5.59. The van der Waals surface area contributed by atoms with E-state index in [-0.39, 0.29) is 5.82 Å². The fourth-order valence-electron chi connectivity index (χ4n) is 4.68. The highest BCUT2D eigenvalue weighted by Gasteiger charge is 2.20. The topological polar surface area (TPSA) is 25.8 Å². The summed E-state index contributed by atoms with van der Waals surface area (Å²) >= 11 is 0. The van der Waals surface area contributed by atoms with Crippen molar-refractivity contribution in [2.45, 2.75) is 90.9 Å². The summed E-state index contributed by atoms with van der Waals surface area (Å²) in [5, 5.41) is 8.15. The third kappa shape index (κ3) is 6.90. The van der Waals surface area contributed by atoms with Crippen molar-refractivity contribution in [3.8, 4) is 11.3 Å². The average molecular weight is 397 g/mol. The summed E-state index contributed by atoms with van der Waals surface area (Å²) in [6.45, 7) is 4.17. The molecular formula is C26H37FN2. The van der Waals surface area contributed by atoms with Crippen LogP contribution in [0.5, 0.6) is 0 Å². The second-order valence-corrected chi connectivity index (χ2v) is 9.00. The van der Waals surface area contributed by atoms with Crippen LogP contribution in [0.2, 0.25) is 0 Å². The van der Waals surface area contributed by atoms with Crippen molar-refractivity contribution in [1.82, 2.24) is 10.2 Å². The number of nitrogens with zero attached hydrogens (tertiary/aromatic N) is 2. The molecule has 0 bridgehead atoms. The van der Waals surface area contributed by atoms with Crippen LogP contribution in [0.3, 0.4) is 0 Å². The van der Waals surface area contributed by atoms with E-state index in [1.807, 2.05) is 25.1 Å². The minimum absolute atomic E-state index is 0.188. The number of rotatable bonds is 10. The number of aromatic nitrogens is 2. The van der Waals surface area contributed by atoms with Gasteiger partial charge >= 0.3 is 0 Å². The summed E-state index contributed by atoms with van der Waals surface area (Å²) in [7, 11) is 0. The van der Waals surface area contributed by atoms with Crippen LogP contribution in [0.1, 0.15) is 88.8 Å². The maximum Gasteiger partial charge on any atom is 0.132 e. The van der Waals surface area contributed by atoms with Crippen LogP contribution in [-0.2, 0) is 6.42 Å². The van der Waals surface area contributed by atoms with Crippen molar-refractivity contribution in [3.63, 3.8) is 0 Å². The maximum absolute atomic E-state index is 14.6. The molecule has 0 saturated heterocycles. The summed E-state index contributed by atoms with van der Waals surface area (Å²) in [4.78, 5) is 0. The van der Waals surface area contributed by atoms with E-state index in [0.29, 0.717) is 11.3 Å². The van der Waals surface area contributed by atoms with Gasteiger partial charge in [0.1, 0.15) is 5.82 Å². The molecule has 1 aromatic carbocycles. The van der Waals surface area contributed by atoms with Crippen LogP contribution in [0, 0.1) is 24.6 Å². The Morgan fingerprint density at radius 2 is 1.59 bits per heavy atom. The Bertz CT molecular complexity index is 733. The van der Waals surface area contributed by atoms with Gasteiger partial charge in [-0.15, -0.1) is 0 Å². The first-order valence-corrected chi connectivity index (χ1v) is 11.7. The number of hydrogen-bond donors (Lipinski definition) is 0. The van der Waals surface area contributed by atoms with Crippen LogP contribution in [0.4, 0.5) is 4.39 Å². The van der Waals surface area contributed by atoms with Crippen LogP contribution < -0.4 is 0 Å². The number of benzene rings is 1. The predicted molar refractivity (Wildman–Crippen MR) is 119 cm³/mol. The van der Waals surface area contributed by atoms with E-state index in [9.17, 15) is 4.39 Å². The molecule has 158 valence electrons. The summed E-state index contributed by atoms with van der Waals surface area (Å²) in [6, 6.07) is 9.32. The molecule has 0 amide bonds. The zero-order chi connectivity index (χ0) is 20.5. The van der Waals surface area contributed by atoms with Crippen molar-refractivity contribution in [2.75, 3.05) is 0 Å². The standard InChI is InChI=1S/C26H37FN2/c1-3-4-5-6-7-8-21-10-12-22(13-11-21)14-15-23-16-17-24(25(27)19-23)26-18-9-20(2)28-29-26/h9,16-19,21-22H,3-8,10-15H2,1-2H3. The van der Waals surface area contributed by atoms with Crippen molar-refractivity contribution in [2.24, 2.45) is 11.8 Å². The summed E-state index contributed by atoms with van der Waals surface area (Å²) in [5.41, 5.74) is 3.09. The summed E-state index contributed by atoms with van der Waals surface area (Å²) in [5.74, 6) is 1.59. The zero-order valence-corrected chi connectivity index (χ0v) is 18.3. The van der Waals surface area contributed by atoms with Crippen LogP contribution >= 0.6 is 0 Å². The normalized spacial score (nSPS) is 19.4. The van der Waals surface area contributed by atoms with Crippen molar-refractivity contribution in [3.05, 3.63) is 47.4 Å². The summed E-state index contributed by atoms with van der Waals surface area (Å²) < 4.78 is 14.6. The number of aryl methyl sites for hydroxylation is 2. The van der Waals surface area contributed by atoms with Crippen molar-refractivity contribution in [1.29, 1.82) is 0 Å². The van der Waals surface area contributed by atoms with E-state index >= 15 is 0 Å². The molecule has 3 rings (SSSR count). The van der Waals surface area contributed by atoms with E-state index in [4.69, 9.17) is 0 Å². The molecule has 2 aromatic rings. The molecule has 1 fully saturated rings. The largest absolute Gasteiger partial charge is 0.206 e. The monoisotopic (exact) mass is 396 g/mol. The Hall–Kier alpha value is -1.77. The molecule has 0 atom stereocenters. The van der Waals surface area contributed by atoms with Crippen molar-refractivity contribution < 1.29 is 4.39 Å². The molecule has 0 aliphatic heterocycles. The molecule has 2 nitrogen and oxygen atoms in total. The second kappa shape index (κ2) is 11.4. The molecule has 1 saturated carbocycles. The third-order valence-electron chi connectivity index (χ3n) is 6.63. The van der Waals surface area contributed by atoms with E-state index < -0.39 is 0 Å². The highest BCUT2D eigenvalue weighted by Crippen LogP contribution is 2.34. The minimum atomic E-state index is -0.188. The molecule has 1 aliphatic rings. The fraction of sp³-hybridized carbons (Fsp3) is 0.615. The Balaban J connectivity index is 1.40. The molecule has 0 unspecified atom stereocenters. The van der Waals surface area contributed by atoms with Gasteiger partial charge < -0.3 is 0 Å². The Morgan fingerprint density at radius 1 is 0.862 bits per heavy atom. The van der Waals surface area contributed by atoms with Gasteiger partial charge in [-0.1, -0.05) is 77.2 Å². The van der Waals surface area contributed by atoms with Gasteiger partial charge in [0.25, 0.3) is 0 Å². The first-order chi connectivity index (χ1) is 14.2. The Labute approximate surface area is 176 Å². The molecule has 29 heavy (non-hydrogen) atoms. The van der Waals surface area contributed by atoms with Gasteiger partial charge in [-0.05, 0) is 61.4 Å². The first kappa shape index (κ1) is 21.9. The van der Waals surface area contributed by atoms with Crippen LogP contribution in [0.25, 0.3) is 11.3 Å². The molecule has 0 N–H and O–H groups in total. The third-order valence-corrected chi connectivity index (χ3v) is 6.63. The lowest BCUT2D eigenvalue weighted by Crippen LogP contribution is -2.15. The average Bonchev–Trinajstić information content (AvgIpc) is 2.74. The first-order valence-electron chi connectivity index (χ1n) is 11.7. The van der Waals surface area contributed by atoms with Gasteiger partial charge in [-0.2, -0.15) is 10.2 Å².